The monoisotopic (exact) mass is 342 g/mol. The second kappa shape index (κ2) is 5.96. The van der Waals surface area contributed by atoms with Crippen LogP contribution in [0, 0.1) is 0 Å². The summed E-state index contributed by atoms with van der Waals surface area (Å²) in [6.45, 7) is 2.71. The van der Waals surface area contributed by atoms with Crippen LogP contribution < -0.4 is 5.32 Å². The fourth-order valence-corrected chi connectivity index (χ4v) is 2.82. The summed E-state index contributed by atoms with van der Waals surface area (Å²) in [7, 11) is 0. The summed E-state index contributed by atoms with van der Waals surface area (Å²) < 4.78 is 0.762. The van der Waals surface area contributed by atoms with Gasteiger partial charge in [0, 0.05) is 35.4 Å². The van der Waals surface area contributed by atoms with Crippen LogP contribution in [-0.2, 0) is 4.79 Å². The van der Waals surface area contributed by atoms with Crippen LogP contribution in [0.2, 0.25) is 0 Å². The van der Waals surface area contributed by atoms with Crippen LogP contribution in [0.3, 0.4) is 0 Å². The van der Waals surface area contributed by atoms with E-state index in [2.05, 4.69) is 33.9 Å². The molecule has 0 bridgehead atoms. The van der Waals surface area contributed by atoms with Crippen molar-refractivity contribution in [3.05, 3.63) is 28.2 Å². The van der Waals surface area contributed by atoms with Crippen LogP contribution in [0.1, 0.15) is 23.7 Å². The van der Waals surface area contributed by atoms with Gasteiger partial charge in [0.05, 0.1) is 5.56 Å². The van der Waals surface area contributed by atoms with E-state index in [4.69, 9.17) is 0 Å². The van der Waals surface area contributed by atoms with Gasteiger partial charge in [0.2, 0.25) is 5.91 Å². The summed E-state index contributed by atoms with van der Waals surface area (Å²) >= 11 is 7.64. The van der Waals surface area contributed by atoms with E-state index in [1.807, 2.05) is 12.1 Å². The molecular formula is C13H15BrN2O2S. The third kappa shape index (κ3) is 3.51. The molecule has 1 aliphatic rings. The molecule has 0 spiro atoms. The Labute approximate surface area is 126 Å². The zero-order valence-electron chi connectivity index (χ0n) is 10.5. The number of carbonyl (C=O) groups excluding carboxylic acids is 2. The van der Waals surface area contributed by atoms with Crippen LogP contribution in [-0.4, -0.2) is 35.8 Å². The minimum Gasteiger partial charge on any atom is -0.352 e. The lowest BCUT2D eigenvalue weighted by atomic mass is 10.2. The lowest BCUT2D eigenvalue weighted by Gasteiger charge is -2.18. The van der Waals surface area contributed by atoms with Crippen molar-refractivity contribution in [3.8, 4) is 0 Å². The van der Waals surface area contributed by atoms with Gasteiger partial charge in [0.15, 0.2) is 0 Å². The van der Waals surface area contributed by atoms with Gasteiger partial charge in [0.25, 0.3) is 5.91 Å². The highest BCUT2D eigenvalue weighted by atomic mass is 79.9. The van der Waals surface area contributed by atoms with Gasteiger partial charge in [-0.2, -0.15) is 0 Å². The maximum Gasteiger partial charge on any atom is 0.255 e. The van der Waals surface area contributed by atoms with E-state index in [9.17, 15) is 9.59 Å². The van der Waals surface area contributed by atoms with Gasteiger partial charge in [0.1, 0.15) is 0 Å². The Morgan fingerprint density at radius 2 is 2.21 bits per heavy atom. The van der Waals surface area contributed by atoms with Gasteiger partial charge in [-0.25, -0.2) is 0 Å². The van der Waals surface area contributed by atoms with E-state index >= 15 is 0 Å². The number of rotatable bonds is 2. The Hall–Kier alpha value is -1.01. The van der Waals surface area contributed by atoms with Crippen molar-refractivity contribution < 1.29 is 9.59 Å². The first-order valence-electron chi connectivity index (χ1n) is 6.02. The average Bonchev–Trinajstić information content (AvgIpc) is 2.79. The van der Waals surface area contributed by atoms with Crippen LogP contribution in [0.25, 0.3) is 0 Å². The predicted octanol–water partition coefficient (Wildman–Crippen LogP) is 2.09. The Morgan fingerprint density at radius 1 is 1.47 bits per heavy atom. The molecule has 1 N–H and O–H groups in total. The molecule has 1 saturated heterocycles. The van der Waals surface area contributed by atoms with Crippen molar-refractivity contribution in [2.24, 2.45) is 0 Å². The summed E-state index contributed by atoms with van der Waals surface area (Å²) in [5.41, 5.74) is 0.607. The van der Waals surface area contributed by atoms with Crippen molar-refractivity contribution in [2.75, 3.05) is 13.1 Å². The van der Waals surface area contributed by atoms with Crippen LogP contribution in [0.5, 0.6) is 0 Å². The molecule has 102 valence electrons. The number of amides is 2. The van der Waals surface area contributed by atoms with Crippen molar-refractivity contribution in [2.45, 2.75) is 24.3 Å². The second-order valence-electron chi connectivity index (χ2n) is 4.60. The Balaban J connectivity index is 2.09. The highest BCUT2D eigenvalue weighted by molar-refractivity contribution is 9.10. The average molecular weight is 343 g/mol. The number of halogens is 1. The summed E-state index contributed by atoms with van der Waals surface area (Å²) in [5, 5.41) is 2.84. The third-order valence-corrected chi connectivity index (χ3v) is 4.03. The molecule has 1 aliphatic heterocycles. The number of nitrogens with zero attached hydrogens (tertiary/aromatic N) is 1. The van der Waals surface area contributed by atoms with Crippen molar-refractivity contribution in [3.63, 3.8) is 0 Å². The zero-order chi connectivity index (χ0) is 14.0. The molecule has 6 heteroatoms. The number of thiol groups is 1. The smallest absolute Gasteiger partial charge is 0.255 e. The summed E-state index contributed by atoms with van der Waals surface area (Å²) in [6, 6.07) is 5.45. The van der Waals surface area contributed by atoms with Crippen LogP contribution in [0.4, 0.5) is 0 Å². The predicted molar refractivity (Wildman–Crippen MR) is 79.5 cm³/mol. The molecule has 1 aromatic rings. The lowest BCUT2D eigenvalue weighted by Crippen LogP contribution is -2.37. The fourth-order valence-electron chi connectivity index (χ4n) is 2.20. The van der Waals surface area contributed by atoms with Gasteiger partial charge in [-0.15, -0.1) is 12.6 Å². The number of hydrogen-bond acceptors (Lipinski definition) is 3. The van der Waals surface area contributed by atoms with Gasteiger partial charge >= 0.3 is 0 Å². The molecule has 19 heavy (non-hydrogen) atoms. The summed E-state index contributed by atoms with van der Waals surface area (Å²) in [6.07, 6.45) is 0.795. The number of likely N-dealkylation sites (tertiary alicyclic amines) is 1. The number of hydrogen-bond donors (Lipinski definition) is 2. The van der Waals surface area contributed by atoms with E-state index in [1.165, 1.54) is 6.92 Å². The number of nitrogens with one attached hydrogen (secondary N) is 1. The Bertz CT molecular complexity index is 521. The Morgan fingerprint density at radius 3 is 2.89 bits per heavy atom. The molecule has 4 nitrogen and oxygen atoms in total. The zero-order valence-corrected chi connectivity index (χ0v) is 13.0. The van der Waals surface area contributed by atoms with Crippen molar-refractivity contribution in [1.29, 1.82) is 0 Å². The quantitative estimate of drug-likeness (QED) is 0.808. The van der Waals surface area contributed by atoms with Crippen molar-refractivity contribution >= 4 is 40.4 Å². The minimum atomic E-state index is -0.0576. The molecular weight excluding hydrogens is 328 g/mol. The number of benzene rings is 1. The first kappa shape index (κ1) is 14.4. The van der Waals surface area contributed by atoms with Gasteiger partial charge in [-0.05, 0) is 40.5 Å². The van der Waals surface area contributed by atoms with Gasteiger partial charge < -0.3 is 10.2 Å². The molecule has 1 aromatic carbocycles. The first-order chi connectivity index (χ1) is 8.97. The maximum absolute atomic E-state index is 12.4. The van der Waals surface area contributed by atoms with E-state index < -0.39 is 0 Å². The first-order valence-corrected chi connectivity index (χ1v) is 7.26. The lowest BCUT2D eigenvalue weighted by molar-refractivity contribution is -0.119. The molecule has 2 rings (SSSR count). The largest absolute Gasteiger partial charge is 0.352 e. The molecule has 1 atom stereocenters. The SMILES string of the molecule is CC(=O)NC1CCN(C(=O)c2cc(S)ccc2Br)C1. The molecule has 0 radical (unpaired) electrons. The molecule has 2 amide bonds. The van der Waals surface area contributed by atoms with Gasteiger partial charge in [-0.1, -0.05) is 0 Å². The molecule has 1 unspecified atom stereocenters. The topological polar surface area (TPSA) is 49.4 Å². The molecule has 0 saturated carbocycles. The van der Waals surface area contributed by atoms with E-state index in [0.29, 0.717) is 18.7 Å². The molecule has 0 aromatic heterocycles. The van der Waals surface area contributed by atoms with E-state index in [0.717, 1.165) is 15.8 Å². The third-order valence-electron chi connectivity index (χ3n) is 3.06. The van der Waals surface area contributed by atoms with Crippen LogP contribution >= 0.6 is 28.6 Å². The Kier molecular flexibility index (Phi) is 4.52. The molecule has 1 heterocycles. The van der Waals surface area contributed by atoms with Crippen molar-refractivity contribution in [1.82, 2.24) is 10.2 Å². The molecule has 0 aliphatic carbocycles. The minimum absolute atomic E-state index is 0.0318. The van der Waals surface area contributed by atoms with Gasteiger partial charge in [-0.3, -0.25) is 9.59 Å². The normalized spacial score (nSPS) is 18.5. The fraction of sp³-hybridized carbons (Fsp3) is 0.385. The second-order valence-corrected chi connectivity index (χ2v) is 5.97. The van der Waals surface area contributed by atoms with E-state index in [1.54, 1.807) is 11.0 Å². The molecule has 1 fully saturated rings. The van der Waals surface area contributed by atoms with E-state index in [-0.39, 0.29) is 17.9 Å². The maximum atomic E-state index is 12.4. The standard InChI is InChI=1S/C13H15BrN2O2S/c1-8(17)15-9-4-5-16(7-9)13(18)11-6-10(19)2-3-12(11)14/h2-3,6,9,19H,4-5,7H2,1H3,(H,15,17). The summed E-state index contributed by atoms with van der Waals surface area (Å²) in [4.78, 5) is 25.9. The highest BCUT2D eigenvalue weighted by Gasteiger charge is 2.28. The highest BCUT2D eigenvalue weighted by Crippen LogP contribution is 2.23. The van der Waals surface area contributed by atoms with Crippen LogP contribution in [0.15, 0.2) is 27.6 Å². The summed E-state index contributed by atoms with van der Waals surface area (Å²) in [5.74, 6) is -0.0894. The number of carbonyl (C=O) groups is 2.